The number of para-hydroxylation sites is 2. The molecule has 0 amide bonds. The lowest BCUT2D eigenvalue weighted by Crippen LogP contribution is -2.09. The Hall–Kier alpha value is -9.56. The maximum atomic E-state index is 12.3. The van der Waals surface area contributed by atoms with Crippen LogP contribution >= 0.6 is 0 Å². The number of carbonyl (C=O) groups excluding carboxylic acids is 2. The highest BCUT2D eigenvalue weighted by Crippen LogP contribution is 2.38. The second-order valence-electron chi connectivity index (χ2n) is 19.8. The summed E-state index contributed by atoms with van der Waals surface area (Å²) in [6, 6.07) is 51.3. The van der Waals surface area contributed by atoms with Crippen LogP contribution in [0, 0.1) is 0 Å². The van der Waals surface area contributed by atoms with Crippen LogP contribution < -0.4 is 33.2 Å². The number of esters is 2. The van der Waals surface area contributed by atoms with Crippen LogP contribution in [-0.2, 0) is 41.8 Å². The van der Waals surface area contributed by atoms with E-state index in [1.807, 2.05) is 132 Å². The molecule has 0 unspecified atom stereocenters. The fraction of sp³-hybridized carbons (Fsp3) is 0.268. The predicted octanol–water partition coefficient (Wildman–Crippen LogP) is 16.1. The smallest absolute Gasteiger partial charge is 0.341 e. The summed E-state index contributed by atoms with van der Waals surface area (Å²) >= 11 is 0. The van der Waals surface area contributed by atoms with Crippen LogP contribution in [0.15, 0.2) is 189 Å². The maximum Gasteiger partial charge on any atom is 0.341 e. The van der Waals surface area contributed by atoms with Gasteiger partial charge >= 0.3 is 11.9 Å². The zero-order valence-electron chi connectivity index (χ0n) is 49.4. The summed E-state index contributed by atoms with van der Waals surface area (Å²) in [5.74, 6) is 5.22. The van der Waals surface area contributed by atoms with Gasteiger partial charge < -0.3 is 56.9 Å². The first-order chi connectivity index (χ1) is 41.7. The van der Waals surface area contributed by atoms with Gasteiger partial charge in [0.15, 0.2) is 0 Å². The second kappa shape index (κ2) is 31.8. The van der Waals surface area contributed by atoms with Crippen molar-refractivity contribution in [1.82, 2.24) is 9.13 Å². The molecular weight excluding hydrogens is 1070 g/mol. The molecule has 2 heterocycles. The monoisotopic (exact) mass is 1150 g/mol. The summed E-state index contributed by atoms with van der Waals surface area (Å²) in [6.45, 7) is 10.7. The Morgan fingerprint density at radius 1 is 0.412 bits per heavy atom. The molecule has 85 heavy (non-hydrogen) atoms. The fourth-order valence-corrected chi connectivity index (χ4v) is 9.56. The molecule has 0 bridgehead atoms. The van der Waals surface area contributed by atoms with Gasteiger partial charge in [-0.3, -0.25) is 0 Å². The normalized spacial score (nSPS) is 10.8. The molecule has 14 nitrogen and oxygen atoms in total. The molecule has 0 fully saturated rings. The van der Waals surface area contributed by atoms with E-state index < -0.39 is 11.9 Å². The Bertz CT molecular complexity index is 3540. The van der Waals surface area contributed by atoms with Gasteiger partial charge in [0.1, 0.15) is 75.2 Å². The molecule has 0 aliphatic rings. The average molecular weight is 1150 g/mol. The van der Waals surface area contributed by atoms with Crippen LogP contribution in [-0.4, -0.2) is 66.8 Å². The van der Waals surface area contributed by atoms with E-state index in [0.29, 0.717) is 85.8 Å². The number of hydrogen-bond donors (Lipinski definition) is 1. The number of hydrogen-bond acceptors (Lipinski definition) is 12. The Labute approximate surface area is 499 Å². The van der Waals surface area contributed by atoms with E-state index in [1.165, 1.54) is 14.2 Å². The van der Waals surface area contributed by atoms with Crippen LogP contribution in [0.5, 0.6) is 57.5 Å². The topological polar surface area (TPSA) is 147 Å². The van der Waals surface area contributed by atoms with Gasteiger partial charge in [-0.05, 0) is 127 Å². The van der Waals surface area contributed by atoms with Crippen LogP contribution in [0.4, 0.5) is 0 Å². The summed E-state index contributed by atoms with van der Waals surface area (Å²) in [6.07, 6.45) is 14.1. The fourth-order valence-electron chi connectivity index (χ4n) is 9.56. The van der Waals surface area contributed by atoms with E-state index in [-0.39, 0.29) is 5.75 Å². The van der Waals surface area contributed by atoms with Crippen molar-refractivity contribution in [2.24, 2.45) is 0 Å². The highest BCUT2D eigenvalue weighted by molar-refractivity contribution is 5.93. The van der Waals surface area contributed by atoms with E-state index in [1.54, 1.807) is 42.5 Å². The predicted molar refractivity (Wildman–Crippen MR) is 331 cm³/mol. The van der Waals surface area contributed by atoms with Crippen molar-refractivity contribution < 1.29 is 57.3 Å². The number of ether oxygens (including phenoxy) is 9. The number of rotatable bonds is 29. The Morgan fingerprint density at radius 3 is 1.29 bits per heavy atom. The summed E-state index contributed by atoms with van der Waals surface area (Å²) < 4.78 is 57.3. The van der Waals surface area contributed by atoms with Crippen LogP contribution in [0.1, 0.15) is 102 Å². The molecule has 7 aromatic carbocycles. The number of aryl methyl sites for hydroxylation is 2. The first-order valence-corrected chi connectivity index (χ1v) is 29.1. The van der Waals surface area contributed by atoms with Crippen molar-refractivity contribution in [3.8, 4) is 68.9 Å². The van der Waals surface area contributed by atoms with E-state index in [0.717, 1.165) is 101 Å². The summed E-state index contributed by atoms with van der Waals surface area (Å²) in [5, 5.41) is 10.5. The van der Waals surface area contributed by atoms with Crippen LogP contribution in [0.25, 0.3) is 11.4 Å². The largest absolute Gasteiger partial charge is 0.506 e. The molecule has 9 rings (SSSR count). The maximum absolute atomic E-state index is 12.3. The lowest BCUT2D eigenvalue weighted by Gasteiger charge is -2.19. The number of nitrogens with zero attached hydrogens (tertiary/aromatic N) is 2. The minimum Gasteiger partial charge on any atom is -0.506 e. The van der Waals surface area contributed by atoms with Crippen molar-refractivity contribution in [1.29, 1.82) is 0 Å². The number of aromatic nitrogens is 2. The molecular formula is C71H76N2O12. The van der Waals surface area contributed by atoms with Crippen molar-refractivity contribution >= 4 is 11.9 Å². The van der Waals surface area contributed by atoms with Gasteiger partial charge in [-0.1, -0.05) is 107 Å². The quantitative estimate of drug-likeness (QED) is 0.0351. The van der Waals surface area contributed by atoms with Crippen molar-refractivity contribution in [2.45, 2.75) is 85.7 Å². The third-order valence-electron chi connectivity index (χ3n) is 13.9. The molecule has 0 aliphatic heterocycles. The number of benzene rings is 7. The van der Waals surface area contributed by atoms with Crippen LogP contribution in [0.2, 0.25) is 0 Å². The number of aromatic hydroxyl groups is 1. The van der Waals surface area contributed by atoms with Crippen molar-refractivity contribution in [2.75, 3.05) is 40.6 Å². The zero-order valence-corrected chi connectivity index (χ0v) is 49.4. The van der Waals surface area contributed by atoms with Gasteiger partial charge in [-0.25, -0.2) is 9.59 Å². The average Bonchev–Trinajstić information content (AvgIpc) is 4.42. The number of methoxy groups -OCH3 is 2. The van der Waals surface area contributed by atoms with E-state index in [9.17, 15) is 14.7 Å². The number of phenols is 1. The molecule has 14 heteroatoms. The first-order valence-electron chi connectivity index (χ1n) is 29.1. The SMILES string of the molecule is CCCc1c(OCCCOc2cc(O)c(-n3cccc3)cc2CC)cccc1Oc1ccccc1C(=O)OC.CCCc1c(OCCCOc2cc(OCc3ccccc3)c(-n3cccc3)cc2CC)cccc1Oc1ccccc1C(=O)OC. The first kappa shape index (κ1) is 61.5. The molecule has 442 valence electrons. The molecule has 0 spiro atoms. The van der Waals surface area contributed by atoms with E-state index in [2.05, 4.69) is 50.5 Å². The van der Waals surface area contributed by atoms with Crippen molar-refractivity contribution in [3.05, 3.63) is 228 Å². The number of phenolic OH excluding ortho intramolecular Hbond substituents is 1. The van der Waals surface area contributed by atoms with E-state index in [4.69, 9.17) is 42.6 Å². The highest BCUT2D eigenvalue weighted by Gasteiger charge is 2.20. The van der Waals surface area contributed by atoms with Gasteiger partial charge in [-0.2, -0.15) is 0 Å². The third kappa shape index (κ3) is 16.6. The van der Waals surface area contributed by atoms with Crippen molar-refractivity contribution in [3.63, 3.8) is 0 Å². The molecule has 0 saturated carbocycles. The minimum atomic E-state index is -0.450. The molecule has 0 atom stereocenters. The minimum absolute atomic E-state index is 0.171. The third-order valence-corrected chi connectivity index (χ3v) is 13.9. The molecule has 1 N–H and O–H groups in total. The summed E-state index contributed by atoms with van der Waals surface area (Å²) in [4.78, 5) is 24.5. The van der Waals surface area contributed by atoms with Gasteiger partial charge in [0.05, 0.1) is 52.0 Å². The summed E-state index contributed by atoms with van der Waals surface area (Å²) in [5.41, 5.74) is 7.59. The molecule has 9 aromatic rings. The van der Waals surface area contributed by atoms with Gasteiger partial charge in [0.2, 0.25) is 0 Å². The summed E-state index contributed by atoms with van der Waals surface area (Å²) in [7, 11) is 2.71. The molecule has 0 saturated heterocycles. The molecule has 2 aromatic heterocycles. The van der Waals surface area contributed by atoms with Gasteiger partial charge in [0.25, 0.3) is 0 Å². The number of carbonyl (C=O) groups is 2. The Kier molecular flexibility index (Phi) is 23.0. The highest BCUT2D eigenvalue weighted by atomic mass is 16.5. The van der Waals surface area contributed by atoms with E-state index >= 15 is 0 Å². The molecule has 0 aliphatic carbocycles. The zero-order chi connectivity index (χ0) is 59.8. The lowest BCUT2D eigenvalue weighted by atomic mass is 10.1. The second-order valence-corrected chi connectivity index (χ2v) is 19.8. The standard InChI is InChI=1S/C39H41NO6.C32H35NO6/c1-4-15-31-34(20-13-21-35(31)46-36-19-10-9-18-32(36)39(41)42-3)43-24-14-25-44-37-27-38(45-28-29-16-7-6-8-17-29)33(26-30(37)5-2)40-22-11-12-23-40;1-4-12-24-28(15-10-16-29(24)39-30-14-7-6-13-25(30)32(35)36-3)37-19-11-20-38-31-22-27(34)26(21-23(31)5-2)33-17-8-9-18-33/h6-13,16-23,26-27H,4-5,14-15,24-25,28H2,1-3H3;6-10,13-18,21-22,34H,4-5,11-12,19-20H2,1-3H3. The Balaban J connectivity index is 0.000000224. The van der Waals surface area contributed by atoms with Gasteiger partial charge in [0, 0.05) is 60.9 Å². The molecule has 0 radical (unpaired) electrons. The lowest BCUT2D eigenvalue weighted by molar-refractivity contribution is 0.0588. The Morgan fingerprint density at radius 2 is 0.824 bits per heavy atom. The van der Waals surface area contributed by atoms with Gasteiger partial charge in [-0.15, -0.1) is 0 Å². The van der Waals surface area contributed by atoms with Crippen LogP contribution in [0.3, 0.4) is 0 Å².